The van der Waals surface area contributed by atoms with E-state index in [0.717, 1.165) is 5.69 Å². The van der Waals surface area contributed by atoms with E-state index >= 15 is 0 Å². The maximum absolute atomic E-state index is 12.3. The zero-order chi connectivity index (χ0) is 20.1. The predicted octanol–water partition coefficient (Wildman–Crippen LogP) is 4.52. The molecule has 146 valence electrons. The van der Waals surface area contributed by atoms with Crippen LogP contribution in [-0.2, 0) is 11.3 Å². The fourth-order valence-electron chi connectivity index (χ4n) is 2.82. The van der Waals surface area contributed by atoms with Crippen LogP contribution in [0.3, 0.4) is 0 Å². The van der Waals surface area contributed by atoms with Crippen LogP contribution in [0.25, 0.3) is 11.4 Å². The molecule has 0 aliphatic heterocycles. The lowest BCUT2D eigenvalue weighted by molar-refractivity contribution is -0.113. The second-order valence-corrected chi connectivity index (χ2v) is 7.62. The van der Waals surface area contributed by atoms with Crippen molar-refractivity contribution >= 4 is 23.4 Å². The van der Waals surface area contributed by atoms with E-state index in [2.05, 4.69) is 29.4 Å². The Hall–Kier alpha value is -2.80. The van der Waals surface area contributed by atoms with Gasteiger partial charge in [-0.05, 0) is 42.7 Å². The highest BCUT2D eigenvalue weighted by Crippen LogP contribution is 2.30. The number of carbonyl (C=O) groups is 1. The van der Waals surface area contributed by atoms with Crippen molar-refractivity contribution in [3.05, 3.63) is 54.1 Å². The van der Waals surface area contributed by atoms with Crippen LogP contribution in [0.5, 0.6) is 5.75 Å². The van der Waals surface area contributed by atoms with Crippen molar-refractivity contribution in [2.24, 2.45) is 0 Å². The van der Waals surface area contributed by atoms with Gasteiger partial charge in [0, 0.05) is 12.2 Å². The van der Waals surface area contributed by atoms with Crippen LogP contribution < -0.4 is 5.32 Å². The van der Waals surface area contributed by atoms with Gasteiger partial charge in [0.25, 0.3) is 0 Å². The standard InChI is InChI=1S/C21H24N4O2S/c1-4-25-20(17-7-5-6-8-18(17)26)23-24-21(25)28-13-19(27)22-16-11-9-15(10-12-16)14(2)3/h5-12,14,26H,4,13H2,1-3H3,(H,22,27). The number of nitrogens with zero attached hydrogens (tertiary/aromatic N) is 3. The van der Waals surface area contributed by atoms with E-state index in [-0.39, 0.29) is 17.4 Å². The molecule has 1 amide bonds. The van der Waals surface area contributed by atoms with Crippen LogP contribution in [0.2, 0.25) is 0 Å². The molecular formula is C21H24N4O2S. The van der Waals surface area contributed by atoms with Gasteiger partial charge in [-0.15, -0.1) is 10.2 Å². The fraction of sp³-hybridized carbons (Fsp3) is 0.286. The minimum atomic E-state index is -0.0999. The lowest BCUT2D eigenvalue weighted by Crippen LogP contribution is -2.14. The van der Waals surface area contributed by atoms with E-state index in [1.807, 2.05) is 41.8 Å². The Kier molecular flexibility index (Phi) is 6.36. The highest BCUT2D eigenvalue weighted by molar-refractivity contribution is 7.99. The summed E-state index contributed by atoms with van der Waals surface area (Å²) in [6.07, 6.45) is 0. The Bertz CT molecular complexity index is 951. The third kappa shape index (κ3) is 4.54. The first-order valence-electron chi connectivity index (χ1n) is 9.23. The number of anilines is 1. The summed E-state index contributed by atoms with van der Waals surface area (Å²) in [6, 6.07) is 14.9. The van der Waals surface area contributed by atoms with Crippen LogP contribution in [-0.4, -0.2) is 31.5 Å². The number of benzene rings is 2. The van der Waals surface area contributed by atoms with E-state index in [0.29, 0.717) is 29.0 Å². The van der Waals surface area contributed by atoms with Gasteiger partial charge in [0.1, 0.15) is 5.75 Å². The first-order chi connectivity index (χ1) is 13.5. The summed E-state index contributed by atoms with van der Waals surface area (Å²) in [5.74, 6) is 1.33. The average Bonchev–Trinajstić information content (AvgIpc) is 3.10. The number of nitrogens with one attached hydrogen (secondary N) is 1. The van der Waals surface area contributed by atoms with Crippen molar-refractivity contribution in [3.63, 3.8) is 0 Å². The fourth-order valence-corrected chi connectivity index (χ4v) is 3.62. The SMILES string of the molecule is CCn1c(SCC(=O)Nc2ccc(C(C)C)cc2)nnc1-c1ccccc1O. The molecule has 0 radical (unpaired) electrons. The van der Waals surface area contributed by atoms with Gasteiger partial charge in [0.05, 0.1) is 11.3 Å². The van der Waals surface area contributed by atoms with Crippen LogP contribution in [0, 0.1) is 0 Å². The van der Waals surface area contributed by atoms with E-state index in [1.54, 1.807) is 18.2 Å². The number of phenols is 1. The molecule has 2 aromatic carbocycles. The number of para-hydroxylation sites is 1. The highest BCUT2D eigenvalue weighted by atomic mass is 32.2. The number of carbonyl (C=O) groups excluding carboxylic acids is 1. The molecule has 0 bridgehead atoms. The lowest BCUT2D eigenvalue weighted by Gasteiger charge is -2.09. The van der Waals surface area contributed by atoms with Gasteiger partial charge in [0.15, 0.2) is 11.0 Å². The summed E-state index contributed by atoms with van der Waals surface area (Å²) in [7, 11) is 0. The summed E-state index contributed by atoms with van der Waals surface area (Å²) in [4.78, 5) is 12.3. The molecule has 1 aromatic heterocycles. The number of hydrogen-bond acceptors (Lipinski definition) is 5. The van der Waals surface area contributed by atoms with E-state index < -0.39 is 0 Å². The smallest absolute Gasteiger partial charge is 0.234 e. The summed E-state index contributed by atoms with van der Waals surface area (Å²) in [5, 5.41) is 22.0. The highest BCUT2D eigenvalue weighted by Gasteiger charge is 2.16. The normalized spacial score (nSPS) is 11.0. The number of thioether (sulfide) groups is 1. The molecule has 0 aliphatic carbocycles. The van der Waals surface area contributed by atoms with Crippen LogP contribution in [0.15, 0.2) is 53.7 Å². The molecule has 3 aromatic rings. The molecule has 0 aliphatic rings. The zero-order valence-electron chi connectivity index (χ0n) is 16.2. The van der Waals surface area contributed by atoms with Crippen LogP contribution in [0.1, 0.15) is 32.3 Å². The number of hydrogen-bond donors (Lipinski definition) is 2. The molecule has 2 N–H and O–H groups in total. The van der Waals surface area contributed by atoms with E-state index in [1.165, 1.54) is 17.3 Å². The van der Waals surface area contributed by atoms with Crippen LogP contribution >= 0.6 is 11.8 Å². The lowest BCUT2D eigenvalue weighted by atomic mass is 10.0. The number of phenolic OH excluding ortho intramolecular Hbond substituents is 1. The number of aromatic hydroxyl groups is 1. The monoisotopic (exact) mass is 396 g/mol. The van der Waals surface area contributed by atoms with Crippen molar-refractivity contribution in [1.82, 2.24) is 14.8 Å². The van der Waals surface area contributed by atoms with Crippen molar-refractivity contribution in [1.29, 1.82) is 0 Å². The van der Waals surface area contributed by atoms with Gasteiger partial charge >= 0.3 is 0 Å². The molecule has 0 spiro atoms. The van der Waals surface area contributed by atoms with E-state index in [4.69, 9.17) is 0 Å². The average molecular weight is 397 g/mol. The zero-order valence-corrected chi connectivity index (χ0v) is 17.0. The minimum Gasteiger partial charge on any atom is -0.507 e. The molecule has 1 heterocycles. The maximum atomic E-state index is 12.3. The first-order valence-corrected chi connectivity index (χ1v) is 10.2. The third-order valence-corrected chi connectivity index (χ3v) is 5.34. The third-order valence-electron chi connectivity index (χ3n) is 4.37. The number of amides is 1. The van der Waals surface area contributed by atoms with Crippen molar-refractivity contribution in [3.8, 4) is 17.1 Å². The van der Waals surface area contributed by atoms with Crippen molar-refractivity contribution in [2.45, 2.75) is 38.4 Å². The Morgan fingerprint density at radius 1 is 1.14 bits per heavy atom. The Morgan fingerprint density at radius 3 is 2.50 bits per heavy atom. The van der Waals surface area contributed by atoms with Gasteiger partial charge < -0.3 is 15.0 Å². The van der Waals surface area contributed by atoms with Crippen LogP contribution in [0.4, 0.5) is 5.69 Å². The van der Waals surface area contributed by atoms with Crippen molar-refractivity contribution in [2.75, 3.05) is 11.1 Å². The number of rotatable bonds is 7. The van der Waals surface area contributed by atoms with Gasteiger partial charge in [-0.3, -0.25) is 4.79 Å². The van der Waals surface area contributed by atoms with Crippen molar-refractivity contribution < 1.29 is 9.90 Å². The van der Waals surface area contributed by atoms with Gasteiger partial charge in [-0.2, -0.15) is 0 Å². The second-order valence-electron chi connectivity index (χ2n) is 6.68. The topological polar surface area (TPSA) is 80.0 Å². The molecule has 28 heavy (non-hydrogen) atoms. The maximum Gasteiger partial charge on any atom is 0.234 e. The summed E-state index contributed by atoms with van der Waals surface area (Å²) < 4.78 is 1.89. The molecular weight excluding hydrogens is 372 g/mol. The molecule has 3 rings (SSSR count). The number of aromatic nitrogens is 3. The molecule has 6 nitrogen and oxygen atoms in total. The first kappa shape index (κ1) is 19.9. The van der Waals surface area contributed by atoms with Gasteiger partial charge in [-0.25, -0.2) is 0 Å². The Labute approximate surface area is 169 Å². The summed E-state index contributed by atoms with van der Waals surface area (Å²) in [5.41, 5.74) is 2.64. The summed E-state index contributed by atoms with van der Waals surface area (Å²) >= 11 is 1.32. The van der Waals surface area contributed by atoms with Gasteiger partial charge in [-0.1, -0.05) is 49.9 Å². The Morgan fingerprint density at radius 2 is 1.86 bits per heavy atom. The quantitative estimate of drug-likeness (QED) is 0.574. The molecule has 0 saturated heterocycles. The second kappa shape index (κ2) is 8.93. The largest absolute Gasteiger partial charge is 0.507 e. The minimum absolute atomic E-state index is 0.0999. The Balaban J connectivity index is 1.66. The molecule has 0 unspecified atom stereocenters. The summed E-state index contributed by atoms with van der Waals surface area (Å²) in [6.45, 7) is 6.89. The molecule has 0 atom stereocenters. The molecule has 7 heteroatoms. The molecule has 0 fully saturated rings. The predicted molar refractivity (Wildman–Crippen MR) is 113 cm³/mol. The molecule has 0 saturated carbocycles. The van der Waals surface area contributed by atoms with Gasteiger partial charge in [0.2, 0.25) is 5.91 Å². The van der Waals surface area contributed by atoms with E-state index in [9.17, 15) is 9.90 Å².